The molecular formula is C27H45N3O14. The molecule has 15 atom stereocenters. The number of amides is 1. The van der Waals surface area contributed by atoms with Crippen LogP contribution in [0.15, 0.2) is 24.4 Å². The van der Waals surface area contributed by atoms with Crippen molar-refractivity contribution in [3.05, 3.63) is 24.4 Å². The molecule has 17 nitrogen and oxygen atoms in total. The molecule has 5 unspecified atom stereocenters. The highest BCUT2D eigenvalue weighted by molar-refractivity contribution is 5.76. The number of aliphatic hydroxyl groups excluding tert-OH is 8. The van der Waals surface area contributed by atoms with Crippen LogP contribution in [-0.4, -0.2) is 150 Å². The third-order valence-corrected chi connectivity index (χ3v) is 7.39. The molecule has 2 fully saturated rings. The molecule has 2 aliphatic rings. The van der Waals surface area contributed by atoms with Gasteiger partial charge in [0.15, 0.2) is 12.4 Å². The Labute approximate surface area is 254 Å². The molecule has 44 heavy (non-hydrogen) atoms. The van der Waals surface area contributed by atoms with Crippen LogP contribution in [0.25, 0.3) is 0 Å². The van der Waals surface area contributed by atoms with E-state index in [1.807, 2.05) is 0 Å². The van der Waals surface area contributed by atoms with Crippen molar-refractivity contribution in [1.82, 2.24) is 10.3 Å². The quantitative estimate of drug-likeness (QED) is 0.0702. The molecule has 0 saturated carbocycles. The summed E-state index contributed by atoms with van der Waals surface area (Å²) in [5, 5.41) is 88.6. The molecule has 3 rings (SSSR count). The molecule has 0 aromatic carbocycles. The van der Waals surface area contributed by atoms with Crippen molar-refractivity contribution < 1.29 is 69.6 Å². The van der Waals surface area contributed by atoms with Crippen LogP contribution in [0, 0.1) is 0 Å². The van der Waals surface area contributed by atoms with E-state index in [4.69, 9.17) is 24.0 Å². The van der Waals surface area contributed by atoms with Crippen LogP contribution >= 0.6 is 0 Å². The van der Waals surface area contributed by atoms with Gasteiger partial charge in [-0.05, 0) is 39.8 Å². The Morgan fingerprint density at radius 2 is 1.59 bits per heavy atom. The molecule has 1 amide bonds. The van der Waals surface area contributed by atoms with Crippen molar-refractivity contribution >= 4 is 11.7 Å². The highest BCUT2D eigenvalue weighted by atomic mass is 17.2. The van der Waals surface area contributed by atoms with Gasteiger partial charge in [-0.3, -0.25) is 4.79 Å². The minimum atomic E-state index is -1.76. The van der Waals surface area contributed by atoms with Crippen molar-refractivity contribution in [3.63, 3.8) is 0 Å². The Balaban J connectivity index is 1.67. The first-order chi connectivity index (χ1) is 20.7. The minimum Gasteiger partial charge on any atom is -0.393 e. The van der Waals surface area contributed by atoms with Crippen molar-refractivity contribution in [2.45, 2.75) is 126 Å². The maximum atomic E-state index is 12.1. The summed E-state index contributed by atoms with van der Waals surface area (Å²) in [6.45, 7) is 5.48. The summed E-state index contributed by atoms with van der Waals surface area (Å²) in [6.07, 6.45) is -18.7. The molecule has 252 valence electrons. The molecule has 0 aliphatic carbocycles. The van der Waals surface area contributed by atoms with Gasteiger partial charge in [-0.25, -0.2) is 14.8 Å². The predicted molar refractivity (Wildman–Crippen MR) is 148 cm³/mol. The average Bonchev–Trinajstić information content (AvgIpc) is 2.97. The van der Waals surface area contributed by atoms with E-state index in [9.17, 15) is 45.6 Å². The third-order valence-electron chi connectivity index (χ3n) is 7.39. The van der Waals surface area contributed by atoms with Gasteiger partial charge in [-0.2, -0.15) is 0 Å². The minimum absolute atomic E-state index is 0.152. The number of nitrogens with one attached hydrogen (secondary N) is 2. The fourth-order valence-electron chi connectivity index (χ4n) is 4.76. The largest absolute Gasteiger partial charge is 0.393 e. The SMILES string of the molecule is CC(O)CC(=O)N[C@H]1[C@H](O)[C@@H](O)[C@H](OO[C@@H]2[C@@H](O)[C@H](C)O[C@@H](OC(CNc3ccccn3)C(O)C(O)C(C)O)[C@@H]2O)O[C@@H]1C. The first-order valence-electron chi connectivity index (χ1n) is 14.4. The second-order valence-corrected chi connectivity index (χ2v) is 11.2. The predicted octanol–water partition coefficient (Wildman–Crippen LogP) is -3.51. The summed E-state index contributed by atoms with van der Waals surface area (Å²) in [7, 11) is 0. The van der Waals surface area contributed by atoms with Gasteiger partial charge in [-0.1, -0.05) is 6.07 Å². The maximum absolute atomic E-state index is 12.1. The first-order valence-corrected chi connectivity index (χ1v) is 14.4. The lowest BCUT2D eigenvalue weighted by molar-refractivity contribution is -0.461. The van der Waals surface area contributed by atoms with Gasteiger partial charge in [0.25, 0.3) is 0 Å². The number of hydrogen-bond donors (Lipinski definition) is 10. The van der Waals surface area contributed by atoms with E-state index < -0.39 is 97.8 Å². The molecule has 3 heterocycles. The second-order valence-electron chi connectivity index (χ2n) is 11.2. The van der Waals surface area contributed by atoms with Crippen molar-refractivity contribution in [2.24, 2.45) is 0 Å². The zero-order valence-electron chi connectivity index (χ0n) is 24.9. The van der Waals surface area contributed by atoms with E-state index in [0.29, 0.717) is 5.82 Å². The van der Waals surface area contributed by atoms with Crippen LogP contribution in [-0.2, 0) is 28.8 Å². The van der Waals surface area contributed by atoms with Gasteiger partial charge in [-0.15, -0.1) is 0 Å². The fourth-order valence-corrected chi connectivity index (χ4v) is 4.76. The first kappa shape index (κ1) is 36.4. The van der Waals surface area contributed by atoms with Gasteiger partial charge in [0.2, 0.25) is 12.2 Å². The molecule has 10 N–H and O–H groups in total. The maximum Gasteiger partial charge on any atom is 0.222 e. The Morgan fingerprint density at radius 1 is 0.909 bits per heavy atom. The van der Waals surface area contributed by atoms with Crippen molar-refractivity contribution in [2.75, 3.05) is 11.9 Å². The normalized spacial score (nSPS) is 36.1. The van der Waals surface area contributed by atoms with Crippen molar-refractivity contribution in [1.29, 1.82) is 0 Å². The molecule has 0 radical (unpaired) electrons. The molecule has 0 spiro atoms. The van der Waals surface area contributed by atoms with E-state index in [1.165, 1.54) is 33.9 Å². The zero-order chi connectivity index (χ0) is 32.7. The number of nitrogens with zero attached hydrogens (tertiary/aromatic N) is 1. The summed E-state index contributed by atoms with van der Waals surface area (Å²) in [5.74, 6) is -0.161. The van der Waals surface area contributed by atoms with Crippen LogP contribution in [0.2, 0.25) is 0 Å². The lowest BCUT2D eigenvalue weighted by Gasteiger charge is -2.44. The number of hydrogen-bond acceptors (Lipinski definition) is 16. The number of carbonyl (C=O) groups is 1. The number of carbonyl (C=O) groups excluding carboxylic acids is 1. The van der Waals surface area contributed by atoms with Gasteiger partial charge < -0.3 is 65.7 Å². The molecule has 17 heteroatoms. The summed E-state index contributed by atoms with van der Waals surface area (Å²) in [6, 6.07) is 4.01. The number of anilines is 1. The number of pyridine rings is 1. The lowest BCUT2D eigenvalue weighted by atomic mass is 9.96. The Hall–Kier alpha value is -2.10. The van der Waals surface area contributed by atoms with E-state index >= 15 is 0 Å². The van der Waals surface area contributed by atoms with Gasteiger partial charge in [0, 0.05) is 12.7 Å². The summed E-state index contributed by atoms with van der Waals surface area (Å²) in [4.78, 5) is 26.7. The molecule has 1 aromatic heterocycles. The van der Waals surface area contributed by atoms with Crippen LogP contribution < -0.4 is 10.6 Å². The second kappa shape index (κ2) is 16.5. The van der Waals surface area contributed by atoms with Gasteiger partial charge in [0.05, 0.1) is 36.9 Å². The molecular weight excluding hydrogens is 590 g/mol. The lowest BCUT2D eigenvalue weighted by Crippen LogP contribution is -2.64. The Morgan fingerprint density at radius 3 is 2.20 bits per heavy atom. The smallest absolute Gasteiger partial charge is 0.222 e. The number of aliphatic hydroxyl groups is 8. The molecule has 1 aromatic rings. The highest BCUT2D eigenvalue weighted by Crippen LogP contribution is 2.29. The van der Waals surface area contributed by atoms with Crippen LogP contribution in [0.3, 0.4) is 0 Å². The monoisotopic (exact) mass is 635 g/mol. The van der Waals surface area contributed by atoms with E-state index in [2.05, 4.69) is 15.6 Å². The fraction of sp³-hybridized carbons (Fsp3) is 0.778. The van der Waals surface area contributed by atoms with Crippen LogP contribution in [0.4, 0.5) is 5.82 Å². The van der Waals surface area contributed by atoms with Gasteiger partial charge >= 0.3 is 0 Å². The van der Waals surface area contributed by atoms with Gasteiger partial charge in [0.1, 0.15) is 48.5 Å². The number of aromatic nitrogens is 1. The van der Waals surface area contributed by atoms with E-state index in [0.717, 1.165) is 0 Å². The molecule has 2 aliphatic heterocycles. The summed E-state index contributed by atoms with van der Waals surface area (Å²) >= 11 is 0. The summed E-state index contributed by atoms with van der Waals surface area (Å²) in [5.41, 5.74) is 0. The topological polar surface area (TPSA) is 262 Å². The number of rotatable bonds is 14. The van der Waals surface area contributed by atoms with Crippen LogP contribution in [0.5, 0.6) is 0 Å². The summed E-state index contributed by atoms with van der Waals surface area (Å²) < 4.78 is 17.0. The highest BCUT2D eigenvalue weighted by Gasteiger charge is 2.49. The molecule has 2 saturated heterocycles. The number of ether oxygens (including phenoxy) is 3. The standard InChI is InChI=1S/C27H45N3O14/c1-11(31)9-17(33)30-18-13(3)40-27(23(38)22(18)37)44-43-25-20(35)14(4)41-26(24(25)39)42-15(21(36)19(34)12(2)32)10-29-16-7-5-6-8-28-16/h5-8,11-15,18-27,31-32,34-39H,9-10H2,1-4H3,(H,28,29)(H,30,33)/t11?,12?,13-,14+,15?,18-,19?,20+,21?,22+,23-,24-,25-,26+,27+/m1/s1. The average molecular weight is 636 g/mol. The molecule has 0 bridgehead atoms. The van der Waals surface area contributed by atoms with Crippen molar-refractivity contribution in [3.8, 4) is 0 Å². The Kier molecular flexibility index (Phi) is 13.6. The Bertz CT molecular complexity index is 1010. The zero-order valence-corrected chi connectivity index (χ0v) is 24.9. The third kappa shape index (κ3) is 9.46. The van der Waals surface area contributed by atoms with E-state index in [1.54, 1.807) is 18.2 Å². The van der Waals surface area contributed by atoms with E-state index in [-0.39, 0.29) is 13.0 Å². The van der Waals surface area contributed by atoms with Crippen LogP contribution in [0.1, 0.15) is 34.1 Å².